The van der Waals surface area contributed by atoms with Crippen molar-refractivity contribution in [3.63, 3.8) is 0 Å². The summed E-state index contributed by atoms with van der Waals surface area (Å²) in [4.78, 5) is 28.9. The van der Waals surface area contributed by atoms with Crippen molar-refractivity contribution in [2.24, 2.45) is 5.10 Å². The molecular formula is C31H21BrN4O6. The first-order chi connectivity index (χ1) is 20.4. The third-order valence-electron chi connectivity index (χ3n) is 6.54. The average Bonchev–Trinajstić information content (AvgIpc) is 3.45. The topological polar surface area (TPSA) is 122 Å². The maximum Gasteiger partial charge on any atom is 0.282 e. The first-order valence-electron chi connectivity index (χ1n) is 12.7. The smallest absolute Gasteiger partial charge is 0.282 e. The molecule has 0 saturated carbocycles. The summed E-state index contributed by atoms with van der Waals surface area (Å²) >= 11 is 3.48. The van der Waals surface area contributed by atoms with Crippen LogP contribution in [0.2, 0.25) is 0 Å². The highest BCUT2D eigenvalue weighted by Gasteiger charge is 2.18. The summed E-state index contributed by atoms with van der Waals surface area (Å²) < 4.78 is 19.6. The number of nitrogens with zero attached hydrogens (tertiary/aromatic N) is 4. The first-order valence-corrected chi connectivity index (χ1v) is 13.5. The van der Waals surface area contributed by atoms with Gasteiger partial charge in [-0.05, 0) is 66.2 Å². The Balaban J connectivity index is 1.41. The van der Waals surface area contributed by atoms with E-state index < -0.39 is 4.92 Å². The van der Waals surface area contributed by atoms with Crippen molar-refractivity contribution in [3.05, 3.63) is 127 Å². The van der Waals surface area contributed by atoms with E-state index in [0.717, 1.165) is 15.4 Å². The van der Waals surface area contributed by atoms with Crippen LogP contribution in [-0.2, 0) is 6.61 Å². The number of benzene rings is 4. The zero-order valence-corrected chi connectivity index (χ0v) is 23.6. The van der Waals surface area contributed by atoms with Crippen LogP contribution in [0.3, 0.4) is 0 Å². The molecule has 0 bridgehead atoms. The van der Waals surface area contributed by atoms with E-state index in [0.29, 0.717) is 39.3 Å². The summed E-state index contributed by atoms with van der Waals surface area (Å²) in [6, 6.07) is 25.8. The van der Waals surface area contributed by atoms with Gasteiger partial charge in [-0.15, -0.1) is 0 Å². The summed E-state index contributed by atoms with van der Waals surface area (Å²) in [7, 11) is 1.58. The number of nitro benzene ring substituents is 1. The van der Waals surface area contributed by atoms with E-state index in [4.69, 9.17) is 18.9 Å². The highest BCUT2D eigenvalue weighted by molar-refractivity contribution is 9.10. The van der Waals surface area contributed by atoms with Crippen LogP contribution in [0.1, 0.15) is 11.1 Å². The van der Waals surface area contributed by atoms with E-state index in [9.17, 15) is 14.9 Å². The van der Waals surface area contributed by atoms with Gasteiger partial charge in [0.05, 0.1) is 34.5 Å². The maximum atomic E-state index is 13.7. The lowest BCUT2D eigenvalue weighted by Crippen LogP contribution is -2.20. The minimum atomic E-state index is -0.451. The van der Waals surface area contributed by atoms with Gasteiger partial charge >= 0.3 is 0 Å². The Morgan fingerprint density at radius 2 is 1.81 bits per heavy atom. The van der Waals surface area contributed by atoms with Gasteiger partial charge in [-0.3, -0.25) is 14.9 Å². The van der Waals surface area contributed by atoms with Crippen molar-refractivity contribution in [3.8, 4) is 23.1 Å². The van der Waals surface area contributed by atoms with Crippen molar-refractivity contribution < 1.29 is 18.8 Å². The van der Waals surface area contributed by atoms with Crippen LogP contribution in [0.15, 0.2) is 110 Å². The van der Waals surface area contributed by atoms with Gasteiger partial charge < -0.3 is 13.9 Å². The zero-order chi connectivity index (χ0) is 29.2. The van der Waals surface area contributed by atoms with Gasteiger partial charge in [0.25, 0.3) is 11.2 Å². The van der Waals surface area contributed by atoms with Crippen LogP contribution in [0.25, 0.3) is 33.5 Å². The Morgan fingerprint density at radius 1 is 1.00 bits per heavy atom. The second-order valence-corrected chi connectivity index (χ2v) is 10.1. The molecule has 6 aromatic rings. The number of halogens is 1. The van der Waals surface area contributed by atoms with E-state index in [1.807, 2.05) is 30.3 Å². The van der Waals surface area contributed by atoms with Crippen LogP contribution in [0, 0.1) is 10.1 Å². The third-order valence-corrected chi connectivity index (χ3v) is 7.03. The number of furan rings is 1. The first kappa shape index (κ1) is 26.9. The van der Waals surface area contributed by atoms with Crippen LogP contribution in [0.4, 0.5) is 5.69 Å². The monoisotopic (exact) mass is 624 g/mol. The van der Waals surface area contributed by atoms with Crippen molar-refractivity contribution in [2.45, 2.75) is 6.61 Å². The van der Waals surface area contributed by atoms with Crippen LogP contribution in [0.5, 0.6) is 11.5 Å². The average molecular weight is 625 g/mol. The standard InChI is InChI=1S/C31H21BrN4O6/c1-40-27-7-4-8-28-24(27)16-29(42-28)30-34-25-6-3-2-5-23(25)31(37)35(30)33-17-20-15-21(32)11-14-26(20)41-18-19-9-12-22(13-10-19)36(38)39/h2-17H,18H2,1H3. The molecule has 208 valence electrons. The Hall–Kier alpha value is -5.29. The number of ether oxygens (including phenoxy) is 2. The summed E-state index contributed by atoms with van der Waals surface area (Å²) in [6.07, 6.45) is 1.51. The van der Waals surface area contributed by atoms with E-state index in [1.54, 1.807) is 55.6 Å². The maximum absolute atomic E-state index is 13.7. The summed E-state index contributed by atoms with van der Waals surface area (Å²) in [5.74, 6) is 1.69. The predicted octanol–water partition coefficient (Wildman–Crippen LogP) is 6.95. The number of rotatable bonds is 8. The molecule has 0 N–H and O–H groups in total. The fourth-order valence-electron chi connectivity index (χ4n) is 4.46. The van der Waals surface area contributed by atoms with Gasteiger partial charge in [0.2, 0.25) is 5.82 Å². The molecule has 0 saturated heterocycles. The number of nitro groups is 1. The van der Waals surface area contributed by atoms with Gasteiger partial charge in [-0.1, -0.05) is 34.1 Å². The molecule has 0 spiro atoms. The van der Waals surface area contributed by atoms with E-state index in [-0.39, 0.29) is 23.7 Å². The number of para-hydroxylation sites is 1. The number of fused-ring (bicyclic) bond motifs is 2. The lowest BCUT2D eigenvalue weighted by Gasteiger charge is -2.11. The molecule has 10 nitrogen and oxygen atoms in total. The van der Waals surface area contributed by atoms with Crippen LogP contribution < -0.4 is 15.0 Å². The second kappa shape index (κ2) is 11.3. The number of aromatic nitrogens is 2. The van der Waals surface area contributed by atoms with Gasteiger partial charge in [0.15, 0.2) is 5.76 Å². The molecule has 42 heavy (non-hydrogen) atoms. The van der Waals surface area contributed by atoms with E-state index >= 15 is 0 Å². The van der Waals surface area contributed by atoms with E-state index in [1.165, 1.54) is 23.0 Å². The fraction of sp³-hybridized carbons (Fsp3) is 0.0645. The quantitative estimate of drug-likeness (QED) is 0.102. The van der Waals surface area contributed by atoms with Gasteiger partial charge in [0, 0.05) is 22.2 Å². The Labute approximate surface area is 246 Å². The van der Waals surface area contributed by atoms with Crippen molar-refractivity contribution in [1.29, 1.82) is 0 Å². The normalized spacial score (nSPS) is 11.4. The molecule has 2 aromatic heterocycles. The molecule has 0 aliphatic rings. The zero-order valence-electron chi connectivity index (χ0n) is 22.1. The summed E-state index contributed by atoms with van der Waals surface area (Å²) in [6.45, 7) is 0.171. The number of hydrogen-bond donors (Lipinski definition) is 0. The van der Waals surface area contributed by atoms with Crippen molar-refractivity contribution >= 4 is 49.7 Å². The highest BCUT2D eigenvalue weighted by atomic mass is 79.9. The Bertz CT molecular complexity index is 2050. The van der Waals surface area contributed by atoms with Gasteiger partial charge in [-0.2, -0.15) is 9.78 Å². The van der Waals surface area contributed by atoms with Crippen LogP contribution >= 0.6 is 15.9 Å². The van der Waals surface area contributed by atoms with Gasteiger partial charge in [-0.25, -0.2) is 4.98 Å². The molecule has 0 unspecified atom stereocenters. The highest BCUT2D eigenvalue weighted by Crippen LogP contribution is 2.33. The minimum Gasteiger partial charge on any atom is -0.496 e. The molecular weight excluding hydrogens is 604 g/mol. The van der Waals surface area contributed by atoms with Crippen molar-refractivity contribution in [1.82, 2.24) is 9.66 Å². The minimum absolute atomic E-state index is 0.00310. The molecule has 2 heterocycles. The lowest BCUT2D eigenvalue weighted by atomic mass is 10.2. The van der Waals surface area contributed by atoms with Crippen LogP contribution in [-0.4, -0.2) is 27.9 Å². The largest absolute Gasteiger partial charge is 0.496 e. The number of methoxy groups -OCH3 is 1. The van der Waals surface area contributed by atoms with Crippen molar-refractivity contribution in [2.75, 3.05) is 7.11 Å². The molecule has 0 aliphatic carbocycles. The predicted molar refractivity (Wildman–Crippen MR) is 162 cm³/mol. The molecule has 11 heteroatoms. The molecule has 0 aliphatic heterocycles. The second-order valence-electron chi connectivity index (χ2n) is 9.19. The van der Waals surface area contributed by atoms with E-state index in [2.05, 4.69) is 21.0 Å². The Morgan fingerprint density at radius 3 is 2.60 bits per heavy atom. The lowest BCUT2D eigenvalue weighted by molar-refractivity contribution is -0.384. The SMILES string of the molecule is COc1cccc2oc(-c3nc4ccccc4c(=O)n3N=Cc3cc(Br)ccc3OCc3ccc([N+](=O)[O-])cc3)cc12. The molecule has 0 radical (unpaired) electrons. The fourth-order valence-corrected chi connectivity index (χ4v) is 4.84. The molecule has 4 aromatic carbocycles. The molecule has 0 amide bonds. The number of hydrogen-bond acceptors (Lipinski definition) is 8. The summed E-state index contributed by atoms with van der Waals surface area (Å²) in [5, 5.41) is 16.6. The summed E-state index contributed by atoms with van der Waals surface area (Å²) in [5.41, 5.74) is 2.06. The third kappa shape index (κ3) is 5.25. The molecule has 0 atom stereocenters. The number of non-ortho nitro benzene ring substituents is 1. The molecule has 6 rings (SSSR count). The Kier molecular flexibility index (Phi) is 7.24. The molecule has 0 fully saturated rings. The van der Waals surface area contributed by atoms with Gasteiger partial charge in [0.1, 0.15) is 23.7 Å².